The maximum atomic E-state index is 12.9. The van der Waals surface area contributed by atoms with E-state index in [1.54, 1.807) is 6.07 Å². The van der Waals surface area contributed by atoms with Gasteiger partial charge in [0.25, 0.3) is 0 Å². The Labute approximate surface area is 302 Å². The second kappa shape index (κ2) is 17.2. The maximum Gasteiger partial charge on any atom is 0.416 e. The van der Waals surface area contributed by atoms with Gasteiger partial charge >= 0.3 is 36.4 Å². The third-order valence-corrected chi connectivity index (χ3v) is 9.57. The van der Waals surface area contributed by atoms with Crippen molar-refractivity contribution in [3.05, 3.63) is 106 Å². The minimum Gasteiger partial charge on any atom is -0.481 e. The van der Waals surface area contributed by atoms with Gasteiger partial charge in [-0.3, -0.25) is 14.4 Å². The van der Waals surface area contributed by atoms with Crippen LogP contribution in [0.1, 0.15) is 51.1 Å². The minimum atomic E-state index is -4.46. The van der Waals surface area contributed by atoms with Crippen molar-refractivity contribution in [1.29, 1.82) is 0 Å². The molecular weight excluding hydrogens is 741 g/mol. The van der Waals surface area contributed by atoms with E-state index in [0.29, 0.717) is 30.8 Å². The topological polar surface area (TPSA) is 148 Å². The normalized spacial score (nSPS) is 24.2. The van der Waals surface area contributed by atoms with Crippen molar-refractivity contribution in [2.45, 2.75) is 36.3 Å². The van der Waals surface area contributed by atoms with Gasteiger partial charge in [0.15, 0.2) is 0 Å². The molecule has 6 rings (SSSR count). The smallest absolute Gasteiger partial charge is 0.416 e. The molecule has 3 aromatic carbocycles. The summed E-state index contributed by atoms with van der Waals surface area (Å²) in [6, 6.07) is 14.7. The fourth-order valence-electron chi connectivity index (χ4n) is 6.79. The van der Waals surface area contributed by atoms with Crippen LogP contribution in [0.5, 0.6) is 0 Å². The molecule has 3 aliphatic heterocycles. The predicted octanol–water partition coefficient (Wildman–Crippen LogP) is 6.28. The van der Waals surface area contributed by atoms with Gasteiger partial charge in [-0.1, -0.05) is 48.5 Å². The van der Waals surface area contributed by atoms with E-state index in [1.807, 2.05) is 0 Å². The minimum absolute atomic E-state index is 0.0578. The van der Waals surface area contributed by atoms with Crippen molar-refractivity contribution < 1.29 is 69.2 Å². The molecule has 6 atom stereocenters. The fourth-order valence-corrected chi connectivity index (χ4v) is 6.79. The Morgan fingerprint density at radius 1 is 0.481 bits per heavy atom. The Bertz CT molecular complexity index is 1770. The van der Waals surface area contributed by atoms with Crippen molar-refractivity contribution >= 4 is 17.9 Å². The van der Waals surface area contributed by atoms with Crippen LogP contribution in [0.2, 0.25) is 0 Å². The molecule has 9 nitrogen and oxygen atoms in total. The lowest BCUT2D eigenvalue weighted by molar-refractivity contribution is -0.143. The summed E-state index contributed by atoms with van der Waals surface area (Å²) in [5.41, 5.74) is -1.10. The summed E-state index contributed by atoms with van der Waals surface area (Å²) >= 11 is 0. The number of nitrogens with one attached hydrogen (secondary N) is 3. The molecule has 3 heterocycles. The highest BCUT2D eigenvalue weighted by Gasteiger charge is 2.41. The number of carboxylic acid groups (broad SMARTS) is 3. The molecule has 54 heavy (non-hydrogen) atoms. The van der Waals surface area contributed by atoms with E-state index >= 15 is 0 Å². The molecule has 3 fully saturated rings. The molecule has 3 saturated heterocycles. The zero-order valence-corrected chi connectivity index (χ0v) is 28.1. The first-order valence-electron chi connectivity index (χ1n) is 16.5. The molecular formula is C36H36F9N3O6. The third-order valence-electron chi connectivity index (χ3n) is 9.57. The highest BCUT2D eigenvalue weighted by molar-refractivity contribution is 5.73. The summed E-state index contributed by atoms with van der Waals surface area (Å²) < 4.78 is 114. The van der Waals surface area contributed by atoms with E-state index in [-0.39, 0.29) is 31.1 Å². The van der Waals surface area contributed by atoms with Crippen molar-refractivity contribution in [2.75, 3.05) is 39.3 Å². The third kappa shape index (κ3) is 10.5. The first-order valence-corrected chi connectivity index (χ1v) is 16.5. The molecule has 0 aliphatic carbocycles. The molecule has 18 heteroatoms. The van der Waals surface area contributed by atoms with Gasteiger partial charge < -0.3 is 31.3 Å². The van der Waals surface area contributed by atoms with E-state index in [9.17, 15) is 53.9 Å². The lowest BCUT2D eigenvalue weighted by atomic mass is 9.86. The summed E-state index contributed by atoms with van der Waals surface area (Å²) in [6.45, 7) is 1.95. The van der Waals surface area contributed by atoms with E-state index < -0.39 is 82.7 Å². The van der Waals surface area contributed by atoms with Gasteiger partial charge in [-0.25, -0.2) is 0 Å². The summed E-state index contributed by atoms with van der Waals surface area (Å²) in [6.07, 6.45) is -13.2. The van der Waals surface area contributed by atoms with Gasteiger partial charge in [-0.15, -0.1) is 0 Å². The molecule has 3 aromatic rings. The molecule has 0 bridgehead atoms. The lowest BCUT2D eigenvalue weighted by Gasteiger charge is -2.20. The molecule has 0 amide bonds. The Balaban J connectivity index is 0.000000180. The van der Waals surface area contributed by atoms with Gasteiger partial charge in [0.1, 0.15) is 0 Å². The number of aliphatic carboxylic acids is 3. The van der Waals surface area contributed by atoms with Gasteiger partial charge in [0.2, 0.25) is 0 Å². The van der Waals surface area contributed by atoms with Crippen LogP contribution in [0.3, 0.4) is 0 Å². The van der Waals surface area contributed by atoms with E-state index in [1.165, 1.54) is 36.4 Å². The average Bonchev–Trinajstić information content (AvgIpc) is 3.89. The SMILES string of the molecule is O=C(O)C1CNCC1c1ccc(C(F)(F)F)cc1.O=C(O)C1CNCC1c1cccc(C(F)(F)F)c1.O=C(O)C1CNCC1c1ccccc1C(F)(F)F. The van der Waals surface area contributed by atoms with Crippen molar-refractivity contribution in [3.8, 4) is 0 Å². The number of halogens is 9. The standard InChI is InChI=1S/3C12H12F3NO2/c13-12(14,15)8-3-1-7(2-4-8)9-5-16-6-10(9)11(17)18;13-12(14,15)8-3-1-2-7(4-8)9-5-16-6-10(9)11(17)18;13-12(14,15)10-4-2-1-3-7(10)8-5-16-6-9(8)11(17)18/h2*1-4,9-10,16H,5-6H2,(H,17,18);1-4,8-9,16H,5-6H2,(H,17,18). The largest absolute Gasteiger partial charge is 0.481 e. The molecule has 0 spiro atoms. The number of alkyl halides is 9. The number of benzene rings is 3. The quantitative estimate of drug-likeness (QED) is 0.159. The fraction of sp³-hybridized carbons (Fsp3) is 0.417. The molecule has 294 valence electrons. The summed E-state index contributed by atoms with van der Waals surface area (Å²) in [5, 5.41) is 35.7. The number of rotatable bonds is 6. The Morgan fingerprint density at radius 2 is 0.926 bits per heavy atom. The number of hydrogen-bond donors (Lipinski definition) is 6. The first kappa shape index (κ1) is 42.1. The zero-order valence-electron chi connectivity index (χ0n) is 28.1. The molecule has 0 saturated carbocycles. The van der Waals surface area contributed by atoms with Gasteiger partial charge in [-0.05, 0) is 41.0 Å². The van der Waals surface area contributed by atoms with Gasteiger partial charge in [-0.2, -0.15) is 39.5 Å². The molecule has 6 unspecified atom stereocenters. The second-order valence-electron chi connectivity index (χ2n) is 13.0. The lowest BCUT2D eigenvalue weighted by Crippen LogP contribution is -2.23. The first-order chi connectivity index (χ1) is 25.2. The highest BCUT2D eigenvalue weighted by Crippen LogP contribution is 2.39. The van der Waals surface area contributed by atoms with E-state index in [2.05, 4.69) is 16.0 Å². The average molecular weight is 778 g/mol. The van der Waals surface area contributed by atoms with Crippen molar-refractivity contribution in [2.24, 2.45) is 17.8 Å². The number of carboxylic acids is 3. The molecule has 3 aliphatic rings. The Morgan fingerprint density at radius 3 is 1.39 bits per heavy atom. The number of hydrogen-bond acceptors (Lipinski definition) is 6. The van der Waals surface area contributed by atoms with Gasteiger partial charge in [0.05, 0.1) is 34.4 Å². The Hall–Kier alpha value is -4.68. The van der Waals surface area contributed by atoms with Crippen molar-refractivity contribution in [3.63, 3.8) is 0 Å². The van der Waals surface area contributed by atoms with Crippen molar-refractivity contribution in [1.82, 2.24) is 16.0 Å². The molecule has 0 radical (unpaired) electrons. The second-order valence-corrected chi connectivity index (χ2v) is 13.0. The maximum absolute atomic E-state index is 12.9. The van der Waals surface area contributed by atoms with Crippen LogP contribution in [-0.2, 0) is 32.9 Å². The summed E-state index contributed by atoms with van der Waals surface area (Å²) in [4.78, 5) is 33.0. The monoisotopic (exact) mass is 777 g/mol. The summed E-state index contributed by atoms with van der Waals surface area (Å²) in [7, 11) is 0. The molecule has 0 aromatic heterocycles. The summed E-state index contributed by atoms with van der Waals surface area (Å²) in [5.74, 6) is -6.37. The van der Waals surface area contributed by atoms with Crippen LogP contribution in [-0.4, -0.2) is 72.5 Å². The van der Waals surface area contributed by atoms with Crippen LogP contribution in [0.4, 0.5) is 39.5 Å². The van der Waals surface area contributed by atoms with Crippen LogP contribution < -0.4 is 16.0 Å². The van der Waals surface area contributed by atoms with Crippen LogP contribution in [0.15, 0.2) is 72.8 Å². The van der Waals surface area contributed by atoms with Crippen LogP contribution >= 0.6 is 0 Å². The highest BCUT2D eigenvalue weighted by atomic mass is 19.4. The van der Waals surface area contributed by atoms with Gasteiger partial charge in [0, 0.05) is 57.0 Å². The van der Waals surface area contributed by atoms with E-state index in [0.717, 1.165) is 30.3 Å². The predicted molar refractivity (Wildman–Crippen MR) is 175 cm³/mol. The van der Waals surface area contributed by atoms with E-state index in [4.69, 9.17) is 15.3 Å². The molecule has 6 N–H and O–H groups in total. The number of carbonyl (C=O) groups is 3. The van der Waals surface area contributed by atoms with Crippen LogP contribution in [0.25, 0.3) is 0 Å². The zero-order chi connectivity index (χ0) is 40.0. The van der Waals surface area contributed by atoms with Crippen LogP contribution in [0, 0.1) is 17.8 Å². The Kier molecular flexibility index (Phi) is 13.4.